The molecule has 2 heterocycles. The predicted octanol–water partition coefficient (Wildman–Crippen LogP) is 3.27. The highest BCUT2D eigenvalue weighted by atomic mass is 32.2. The van der Waals surface area contributed by atoms with Crippen molar-refractivity contribution in [1.82, 2.24) is 9.62 Å². The van der Waals surface area contributed by atoms with Gasteiger partial charge in [-0.15, -0.1) is 0 Å². The molecule has 32 heavy (non-hydrogen) atoms. The minimum absolute atomic E-state index is 0.0761. The number of ether oxygens (including phenoxy) is 1. The van der Waals surface area contributed by atoms with E-state index in [0.717, 1.165) is 43.7 Å². The Morgan fingerprint density at radius 1 is 1.03 bits per heavy atom. The maximum atomic E-state index is 14.0. The molecule has 0 amide bonds. The van der Waals surface area contributed by atoms with Crippen molar-refractivity contribution in [2.24, 2.45) is 0 Å². The van der Waals surface area contributed by atoms with Gasteiger partial charge in [0.15, 0.2) is 0 Å². The third kappa shape index (κ3) is 4.95. The maximum Gasteiger partial charge on any atom is 0.243 e. The van der Waals surface area contributed by atoms with Crippen molar-refractivity contribution in [2.45, 2.75) is 10.9 Å². The van der Waals surface area contributed by atoms with Crippen LogP contribution < -0.4 is 14.4 Å². The summed E-state index contributed by atoms with van der Waals surface area (Å²) < 4.78 is 52.8. The molecule has 1 saturated heterocycles. The van der Waals surface area contributed by atoms with Gasteiger partial charge in [0.05, 0.1) is 19.4 Å². The summed E-state index contributed by atoms with van der Waals surface area (Å²) in [6, 6.07) is 16.6. The van der Waals surface area contributed by atoms with Gasteiger partial charge in [-0.3, -0.25) is 4.90 Å². The first-order valence-corrected chi connectivity index (χ1v) is 11.9. The van der Waals surface area contributed by atoms with E-state index in [1.165, 1.54) is 18.2 Å². The first-order valence-electron chi connectivity index (χ1n) is 10.4. The highest BCUT2D eigenvalue weighted by Crippen LogP contribution is 2.26. The molecule has 1 N–H and O–H groups in total. The molecule has 0 aliphatic carbocycles. The first-order chi connectivity index (χ1) is 15.5. The lowest BCUT2D eigenvalue weighted by molar-refractivity contribution is 0.166. The first kappa shape index (κ1) is 22.3. The second kappa shape index (κ2) is 9.72. The molecule has 0 radical (unpaired) electrons. The Labute approximate surface area is 187 Å². The summed E-state index contributed by atoms with van der Waals surface area (Å²) in [6.07, 6.45) is 1.57. The average Bonchev–Trinajstić information content (AvgIpc) is 3.34. The van der Waals surface area contributed by atoms with Crippen LogP contribution in [0, 0.1) is 5.82 Å². The molecular formula is C23H26FN3O4S. The van der Waals surface area contributed by atoms with Crippen LogP contribution in [-0.2, 0) is 10.0 Å². The van der Waals surface area contributed by atoms with E-state index in [4.69, 9.17) is 9.15 Å². The van der Waals surface area contributed by atoms with E-state index in [2.05, 4.69) is 14.5 Å². The molecule has 1 atom stereocenters. The van der Waals surface area contributed by atoms with Crippen molar-refractivity contribution < 1.29 is 22.0 Å². The zero-order chi connectivity index (χ0) is 22.6. The summed E-state index contributed by atoms with van der Waals surface area (Å²) >= 11 is 0. The minimum Gasteiger partial charge on any atom is -0.497 e. The van der Waals surface area contributed by atoms with Crippen LogP contribution in [0.25, 0.3) is 0 Å². The zero-order valence-corrected chi connectivity index (χ0v) is 18.6. The molecule has 7 nitrogen and oxygen atoms in total. The fourth-order valence-corrected chi connectivity index (χ4v) is 5.02. The average molecular weight is 460 g/mol. The lowest BCUT2D eigenvalue weighted by Crippen LogP contribution is -2.49. The van der Waals surface area contributed by atoms with Crippen LogP contribution in [0.15, 0.2) is 76.2 Å². The van der Waals surface area contributed by atoms with E-state index in [-0.39, 0.29) is 17.5 Å². The quantitative estimate of drug-likeness (QED) is 0.557. The summed E-state index contributed by atoms with van der Waals surface area (Å²) in [4.78, 5) is 4.10. The molecule has 170 valence electrons. The van der Waals surface area contributed by atoms with Gasteiger partial charge >= 0.3 is 0 Å². The second-order valence-corrected chi connectivity index (χ2v) is 9.27. The van der Waals surface area contributed by atoms with E-state index in [1.807, 2.05) is 30.3 Å². The lowest BCUT2D eigenvalue weighted by Gasteiger charge is -2.39. The molecule has 4 rings (SSSR count). The van der Waals surface area contributed by atoms with Crippen molar-refractivity contribution in [2.75, 3.05) is 44.7 Å². The Morgan fingerprint density at radius 3 is 2.38 bits per heavy atom. The number of methoxy groups -OCH3 is 1. The molecule has 0 saturated carbocycles. The van der Waals surface area contributed by atoms with Gasteiger partial charge in [0.2, 0.25) is 10.0 Å². The molecule has 1 aromatic heterocycles. The fourth-order valence-electron chi connectivity index (χ4n) is 3.90. The topological polar surface area (TPSA) is 75.0 Å². The number of furan rings is 1. The van der Waals surface area contributed by atoms with Gasteiger partial charge in [0.25, 0.3) is 0 Å². The highest BCUT2D eigenvalue weighted by molar-refractivity contribution is 7.89. The van der Waals surface area contributed by atoms with Gasteiger partial charge in [-0.25, -0.2) is 17.5 Å². The molecule has 3 aromatic rings. The number of halogens is 1. The number of rotatable bonds is 8. The Kier molecular flexibility index (Phi) is 6.78. The van der Waals surface area contributed by atoms with E-state index in [0.29, 0.717) is 5.76 Å². The number of hydrogen-bond donors (Lipinski definition) is 1. The van der Waals surface area contributed by atoms with Crippen molar-refractivity contribution in [1.29, 1.82) is 0 Å². The van der Waals surface area contributed by atoms with Crippen LogP contribution in [0.2, 0.25) is 0 Å². The SMILES string of the molecule is COc1ccc(N2CCN(C(CNS(=O)(=O)c3ccccc3F)c3ccco3)CC2)cc1. The molecule has 1 aliphatic rings. The Balaban J connectivity index is 1.44. The Morgan fingerprint density at radius 2 is 1.75 bits per heavy atom. The van der Waals surface area contributed by atoms with Gasteiger partial charge in [0, 0.05) is 38.4 Å². The van der Waals surface area contributed by atoms with Gasteiger partial charge in [-0.05, 0) is 48.5 Å². The maximum absolute atomic E-state index is 14.0. The monoisotopic (exact) mass is 459 g/mol. The number of anilines is 1. The fraction of sp³-hybridized carbons (Fsp3) is 0.304. The van der Waals surface area contributed by atoms with Crippen molar-refractivity contribution in [3.8, 4) is 5.75 Å². The number of nitrogens with zero attached hydrogens (tertiary/aromatic N) is 2. The van der Waals surface area contributed by atoms with Gasteiger partial charge in [-0.1, -0.05) is 12.1 Å². The van der Waals surface area contributed by atoms with Crippen LogP contribution in [0.4, 0.5) is 10.1 Å². The normalized spacial score (nSPS) is 16.1. The Bertz CT molecular complexity index is 1110. The van der Waals surface area contributed by atoms with Gasteiger partial charge < -0.3 is 14.1 Å². The summed E-state index contributed by atoms with van der Waals surface area (Å²) in [7, 11) is -2.35. The van der Waals surface area contributed by atoms with Crippen molar-refractivity contribution in [3.05, 3.63) is 78.5 Å². The van der Waals surface area contributed by atoms with Crippen LogP contribution in [0.3, 0.4) is 0 Å². The lowest BCUT2D eigenvalue weighted by atomic mass is 10.1. The molecular weight excluding hydrogens is 433 g/mol. The summed E-state index contributed by atoms with van der Waals surface area (Å²) in [5.74, 6) is 0.703. The summed E-state index contributed by atoms with van der Waals surface area (Å²) in [5, 5.41) is 0. The van der Waals surface area contributed by atoms with Crippen LogP contribution in [-0.4, -0.2) is 53.2 Å². The van der Waals surface area contributed by atoms with Crippen LogP contribution in [0.5, 0.6) is 5.75 Å². The zero-order valence-electron chi connectivity index (χ0n) is 17.8. The van der Waals surface area contributed by atoms with Crippen LogP contribution in [0.1, 0.15) is 11.8 Å². The Hall–Kier alpha value is -2.88. The summed E-state index contributed by atoms with van der Waals surface area (Å²) in [6.45, 7) is 3.08. The molecule has 0 bridgehead atoms. The van der Waals surface area contributed by atoms with Crippen molar-refractivity contribution in [3.63, 3.8) is 0 Å². The number of sulfonamides is 1. The largest absolute Gasteiger partial charge is 0.497 e. The number of piperazine rings is 1. The highest BCUT2D eigenvalue weighted by Gasteiger charge is 2.29. The van der Waals surface area contributed by atoms with E-state index >= 15 is 0 Å². The predicted molar refractivity (Wildman–Crippen MR) is 120 cm³/mol. The third-order valence-electron chi connectivity index (χ3n) is 5.66. The van der Waals surface area contributed by atoms with Gasteiger partial charge in [0.1, 0.15) is 22.2 Å². The molecule has 0 spiro atoms. The molecule has 1 fully saturated rings. The standard InChI is InChI=1S/C23H26FN3O4S/c1-30-19-10-8-18(9-11-19)26-12-14-27(15-13-26)21(22-6-4-16-31-22)17-25-32(28,29)23-7-3-2-5-20(23)24/h2-11,16,21,25H,12-15,17H2,1H3. The van der Waals surface area contributed by atoms with Crippen LogP contribution >= 0.6 is 0 Å². The molecule has 2 aromatic carbocycles. The van der Waals surface area contributed by atoms with Gasteiger partial charge in [-0.2, -0.15) is 0 Å². The number of benzene rings is 2. The third-order valence-corrected chi connectivity index (χ3v) is 7.11. The smallest absolute Gasteiger partial charge is 0.243 e. The number of nitrogens with one attached hydrogen (secondary N) is 1. The number of hydrogen-bond acceptors (Lipinski definition) is 6. The second-order valence-electron chi connectivity index (χ2n) is 7.53. The molecule has 1 unspecified atom stereocenters. The molecule has 1 aliphatic heterocycles. The van der Waals surface area contributed by atoms with E-state index < -0.39 is 15.8 Å². The summed E-state index contributed by atoms with van der Waals surface area (Å²) in [5.41, 5.74) is 1.11. The van der Waals surface area contributed by atoms with E-state index in [1.54, 1.807) is 19.4 Å². The van der Waals surface area contributed by atoms with E-state index in [9.17, 15) is 12.8 Å². The minimum atomic E-state index is -3.99. The van der Waals surface area contributed by atoms with Crippen molar-refractivity contribution >= 4 is 15.7 Å². The molecule has 9 heteroatoms.